The van der Waals surface area contributed by atoms with Crippen LogP contribution in [0, 0.1) is 11.6 Å². The average Bonchev–Trinajstić information content (AvgIpc) is 3.04. The van der Waals surface area contributed by atoms with Gasteiger partial charge in [0.15, 0.2) is 0 Å². The molecule has 1 fully saturated rings. The number of hydrogen-bond donors (Lipinski definition) is 2. The van der Waals surface area contributed by atoms with E-state index in [4.69, 9.17) is 0 Å². The summed E-state index contributed by atoms with van der Waals surface area (Å²) in [4.78, 5) is 14.8. The first-order valence-corrected chi connectivity index (χ1v) is 9.68. The third-order valence-corrected chi connectivity index (χ3v) is 4.96. The van der Waals surface area contributed by atoms with Crippen LogP contribution in [0.15, 0.2) is 48.5 Å². The number of hydrogen-bond acceptors (Lipinski definition) is 3. The number of rotatable bonds is 7. The molecule has 1 amide bonds. The first-order valence-electron chi connectivity index (χ1n) is 9.68. The molecule has 1 saturated heterocycles. The molecule has 1 heterocycles. The molecule has 0 radical (unpaired) electrons. The standard InChI is InChI=1S/C22H27F2N3O/c1-15(2)26-22(28)21-11-19(14-27(21)13-16-6-4-3-5-7-16)25-12-17-8-9-18(23)10-20(17)24/h3-10,15,19,21,25H,11-14H2,1-2H3,(H,26,28)/t19-,21+/m1/s1. The van der Waals surface area contributed by atoms with E-state index in [1.807, 2.05) is 44.2 Å². The summed E-state index contributed by atoms with van der Waals surface area (Å²) in [6.07, 6.45) is 0.647. The van der Waals surface area contributed by atoms with Gasteiger partial charge >= 0.3 is 0 Å². The Morgan fingerprint density at radius 3 is 2.61 bits per heavy atom. The Hall–Kier alpha value is -2.31. The van der Waals surface area contributed by atoms with Gasteiger partial charge in [0, 0.05) is 43.3 Å². The number of halogens is 2. The second-order valence-electron chi connectivity index (χ2n) is 7.64. The minimum absolute atomic E-state index is 0.0168. The maximum Gasteiger partial charge on any atom is 0.237 e. The van der Waals surface area contributed by atoms with E-state index in [1.165, 1.54) is 12.1 Å². The molecule has 2 aromatic rings. The van der Waals surface area contributed by atoms with E-state index in [0.717, 1.165) is 11.6 Å². The molecule has 2 atom stereocenters. The van der Waals surface area contributed by atoms with Crippen LogP contribution in [0.5, 0.6) is 0 Å². The fraction of sp³-hybridized carbons (Fsp3) is 0.409. The predicted octanol–water partition coefficient (Wildman–Crippen LogP) is 3.22. The number of benzene rings is 2. The normalized spacial score (nSPS) is 19.9. The molecular formula is C22H27F2N3O. The molecule has 2 aromatic carbocycles. The number of amides is 1. The largest absolute Gasteiger partial charge is 0.353 e. The van der Waals surface area contributed by atoms with Gasteiger partial charge in [-0.15, -0.1) is 0 Å². The number of likely N-dealkylation sites (tertiary alicyclic amines) is 1. The Morgan fingerprint density at radius 1 is 1.18 bits per heavy atom. The van der Waals surface area contributed by atoms with Crippen molar-refractivity contribution in [3.05, 3.63) is 71.3 Å². The maximum absolute atomic E-state index is 13.9. The molecule has 28 heavy (non-hydrogen) atoms. The summed E-state index contributed by atoms with van der Waals surface area (Å²) in [6, 6.07) is 13.5. The van der Waals surface area contributed by atoms with Crippen LogP contribution in [0.4, 0.5) is 8.78 Å². The van der Waals surface area contributed by atoms with Crippen LogP contribution >= 0.6 is 0 Å². The van der Waals surface area contributed by atoms with Crippen molar-refractivity contribution in [3.63, 3.8) is 0 Å². The third kappa shape index (κ3) is 5.36. The van der Waals surface area contributed by atoms with Gasteiger partial charge in [-0.3, -0.25) is 9.69 Å². The van der Waals surface area contributed by atoms with Crippen molar-refractivity contribution >= 4 is 5.91 Å². The Labute approximate surface area is 164 Å². The molecule has 6 heteroatoms. The van der Waals surface area contributed by atoms with Gasteiger partial charge in [0.2, 0.25) is 5.91 Å². The highest BCUT2D eigenvalue weighted by Gasteiger charge is 2.36. The van der Waals surface area contributed by atoms with Crippen molar-refractivity contribution < 1.29 is 13.6 Å². The third-order valence-electron chi connectivity index (χ3n) is 4.96. The van der Waals surface area contributed by atoms with Gasteiger partial charge in [-0.05, 0) is 31.9 Å². The van der Waals surface area contributed by atoms with Crippen LogP contribution in [0.3, 0.4) is 0 Å². The lowest BCUT2D eigenvalue weighted by molar-refractivity contribution is -0.126. The Balaban J connectivity index is 1.66. The first-order chi connectivity index (χ1) is 13.4. The topological polar surface area (TPSA) is 44.4 Å². The zero-order valence-corrected chi connectivity index (χ0v) is 16.3. The minimum atomic E-state index is -0.582. The molecule has 3 rings (SSSR count). The average molecular weight is 387 g/mol. The lowest BCUT2D eigenvalue weighted by atomic mass is 10.1. The van der Waals surface area contributed by atoms with Crippen LogP contribution < -0.4 is 10.6 Å². The van der Waals surface area contributed by atoms with Crippen molar-refractivity contribution in [2.75, 3.05) is 6.54 Å². The fourth-order valence-electron chi connectivity index (χ4n) is 3.62. The molecule has 150 valence electrons. The number of carbonyl (C=O) groups is 1. The molecule has 0 spiro atoms. The lowest BCUT2D eigenvalue weighted by Crippen LogP contribution is -2.45. The molecule has 0 unspecified atom stereocenters. The van der Waals surface area contributed by atoms with Crippen LogP contribution in [-0.2, 0) is 17.9 Å². The molecule has 0 aliphatic carbocycles. The van der Waals surface area contributed by atoms with Gasteiger partial charge in [0.05, 0.1) is 6.04 Å². The summed E-state index contributed by atoms with van der Waals surface area (Å²) in [5.41, 5.74) is 1.57. The van der Waals surface area contributed by atoms with E-state index in [-0.39, 0.29) is 24.0 Å². The Bertz CT molecular complexity index is 798. The summed E-state index contributed by atoms with van der Waals surface area (Å²) in [6.45, 7) is 5.56. The number of nitrogens with zero attached hydrogens (tertiary/aromatic N) is 1. The molecule has 2 N–H and O–H groups in total. The van der Waals surface area contributed by atoms with Crippen molar-refractivity contribution in [2.24, 2.45) is 0 Å². The van der Waals surface area contributed by atoms with Crippen LogP contribution in [0.2, 0.25) is 0 Å². The SMILES string of the molecule is CC(C)NC(=O)[C@@H]1C[C@@H](NCc2ccc(F)cc2F)CN1Cc1ccccc1. The second-order valence-corrected chi connectivity index (χ2v) is 7.64. The highest BCUT2D eigenvalue weighted by Crippen LogP contribution is 2.22. The molecule has 0 saturated carbocycles. The summed E-state index contributed by atoms with van der Waals surface area (Å²) in [7, 11) is 0. The summed E-state index contributed by atoms with van der Waals surface area (Å²) >= 11 is 0. The van der Waals surface area contributed by atoms with E-state index < -0.39 is 11.6 Å². The van der Waals surface area contributed by atoms with Gasteiger partial charge in [-0.25, -0.2) is 8.78 Å². The summed E-state index contributed by atoms with van der Waals surface area (Å²) in [5, 5.41) is 6.33. The van der Waals surface area contributed by atoms with Crippen LogP contribution in [-0.4, -0.2) is 35.5 Å². The highest BCUT2D eigenvalue weighted by atomic mass is 19.1. The first kappa shape index (κ1) is 20.4. The van der Waals surface area contributed by atoms with E-state index >= 15 is 0 Å². The zero-order chi connectivity index (χ0) is 20.1. The van der Waals surface area contributed by atoms with Gasteiger partial charge in [-0.1, -0.05) is 36.4 Å². The quantitative estimate of drug-likeness (QED) is 0.767. The monoisotopic (exact) mass is 387 g/mol. The smallest absolute Gasteiger partial charge is 0.237 e. The molecule has 0 bridgehead atoms. The van der Waals surface area contributed by atoms with Gasteiger partial charge in [0.25, 0.3) is 0 Å². The van der Waals surface area contributed by atoms with Gasteiger partial charge in [0.1, 0.15) is 11.6 Å². The summed E-state index contributed by atoms with van der Waals surface area (Å²) in [5.74, 6) is -1.12. The van der Waals surface area contributed by atoms with Crippen molar-refractivity contribution in [1.29, 1.82) is 0 Å². The number of carbonyl (C=O) groups excluding carboxylic acids is 1. The lowest BCUT2D eigenvalue weighted by Gasteiger charge is -2.24. The molecular weight excluding hydrogens is 360 g/mol. The van der Waals surface area contributed by atoms with E-state index in [1.54, 1.807) is 0 Å². The van der Waals surface area contributed by atoms with Crippen molar-refractivity contribution in [1.82, 2.24) is 15.5 Å². The Kier molecular flexibility index (Phi) is 6.75. The molecule has 1 aliphatic heterocycles. The van der Waals surface area contributed by atoms with Gasteiger partial charge in [-0.2, -0.15) is 0 Å². The van der Waals surface area contributed by atoms with E-state index in [2.05, 4.69) is 15.5 Å². The molecule has 1 aliphatic rings. The second kappa shape index (κ2) is 9.26. The highest BCUT2D eigenvalue weighted by molar-refractivity contribution is 5.82. The predicted molar refractivity (Wildman–Crippen MR) is 106 cm³/mol. The van der Waals surface area contributed by atoms with Crippen molar-refractivity contribution in [2.45, 2.75) is 51.5 Å². The van der Waals surface area contributed by atoms with Crippen LogP contribution in [0.1, 0.15) is 31.4 Å². The number of nitrogens with one attached hydrogen (secondary N) is 2. The van der Waals surface area contributed by atoms with Crippen LogP contribution in [0.25, 0.3) is 0 Å². The molecule has 4 nitrogen and oxygen atoms in total. The maximum atomic E-state index is 13.9. The minimum Gasteiger partial charge on any atom is -0.353 e. The van der Waals surface area contributed by atoms with E-state index in [9.17, 15) is 13.6 Å². The fourth-order valence-corrected chi connectivity index (χ4v) is 3.62. The Morgan fingerprint density at radius 2 is 1.93 bits per heavy atom. The summed E-state index contributed by atoms with van der Waals surface area (Å²) < 4.78 is 27.0. The molecule has 0 aromatic heterocycles. The van der Waals surface area contributed by atoms with Gasteiger partial charge < -0.3 is 10.6 Å². The van der Waals surface area contributed by atoms with E-state index in [0.29, 0.717) is 31.6 Å². The zero-order valence-electron chi connectivity index (χ0n) is 16.3. The van der Waals surface area contributed by atoms with Crippen molar-refractivity contribution in [3.8, 4) is 0 Å².